The number of hydrogen-bond acceptors (Lipinski definition) is 4. The van der Waals surface area contributed by atoms with Gasteiger partial charge in [0.05, 0.1) is 21.9 Å². The van der Waals surface area contributed by atoms with Gasteiger partial charge in [-0.1, -0.05) is 6.07 Å². The van der Waals surface area contributed by atoms with Gasteiger partial charge in [-0.2, -0.15) is 10.2 Å². The summed E-state index contributed by atoms with van der Waals surface area (Å²) in [5.41, 5.74) is 6.60. The first-order valence-corrected chi connectivity index (χ1v) is 7.04. The summed E-state index contributed by atoms with van der Waals surface area (Å²) in [7, 11) is 1.57. The molecule has 0 aliphatic rings. The van der Waals surface area contributed by atoms with Crippen LogP contribution in [0.3, 0.4) is 0 Å². The minimum atomic E-state index is -0.677. The fourth-order valence-corrected chi connectivity index (χ4v) is 2.69. The molecule has 3 heterocycles. The van der Waals surface area contributed by atoms with E-state index in [1.165, 1.54) is 10.9 Å². The van der Waals surface area contributed by atoms with Gasteiger partial charge in [-0.15, -0.1) is 0 Å². The van der Waals surface area contributed by atoms with Crippen LogP contribution in [0.1, 0.15) is 21.0 Å². The van der Waals surface area contributed by atoms with E-state index in [0.29, 0.717) is 4.47 Å². The van der Waals surface area contributed by atoms with Crippen molar-refractivity contribution in [3.63, 3.8) is 0 Å². The Kier molecular flexibility index (Phi) is 3.41. The lowest BCUT2D eigenvalue weighted by molar-refractivity contribution is 0.0992. The minimum Gasteiger partial charge on any atom is -0.364 e. The van der Waals surface area contributed by atoms with Gasteiger partial charge in [-0.25, -0.2) is 4.52 Å². The minimum absolute atomic E-state index is 0.119. The summed E-state index contributed by atoms with van der Waals surface area (Å²) in [5.74, 6) is -1.14. The smallest absolute Gasteiger partial charge is 0.277 e. The summed E-state index contributed by atoms with van der Waals surface area (Å²) in [6.07, 6.45) is 3.09. The van der Waals surface area contributed by atoms with E-state index in [2.05, 4.69) is 31.4 Å². The number of anilines is 1. The third kappa shape index (κ3) is 2.25. The van der Waals surface area contributed by atoms with E-state index in [1.807, 2.05) is 12.1 Å². The van der Waals surface area contributed by atoms with Gasteiger partial charge in [0.1, 0.15) is 5.69 Å². The molecule has 0 fully saturated rings. The van der Waals surface area contributed by atoms with Gasteiger partial charge in [0, 0.05) is 13.2 Å². The molecule has 22 heavy (non-hydrogen) atoms. The molecule has 0 unspecified atom stereocenters. The Morgan fingerprint density at radius 1 is 1.36 bits per heavy atom. The fourth-order valence-electron chi connectivity index (χ4n) is 2.12. The molecule has 8 nitrogen and oxygen atoms in total. The van der Waals surface area contributed by atoms with E-state index in [9.17, 15) is 9.59 Å². The first-order chi connectivity index (χ1) is 10.5. The number of nitrogens with one attached hydrogen (secondary N) is 1. The number of carbonyl (C=O) groups is 2. The van der Waals surface area contributed by atoms with E-state index < -0.39 is 11.8 Å². The van der Waals surface area contributed by atoms with E-state index in [1.54, 1.807) is 23.8 Å². The molecule has 0 radical (unpaired) electrons. The van der Waals surface area contributed by atoms with Crippen molar-refractivity contribution in [2.75, 3.05) is 5.32 Å². The van der Waals surface area contributed by atoms with E-state index in [-0.39, 0.29) is 17.1 Å². The summed E-state index contributed by atoms with van der Waals surface area (Å²) in [5, 5.41) is 10.7. The first-order valence-electron chi connectivity index (χ1n) is 6.25. The molecule has 3 N–H and O–H groups in total. The zero-order valence-corrected chi connectivity index (χ0v) is 13.0. The predicted octanol–water partition coefficient (Wildman–Crippen LogP) is 1.18. The van der Waals surface area contributed by atoms with Crippen LogP contribution in [0.2, 0.25) is 0 Å². The standard InChI is InChI=1S/C13H11BrN6O2/c1-19-11(12(15)21)7(6-16-19)17-13(22)10-9(14)8-4-2-3-5-20(8)18-10/h2-6H,1H3,(H2,15,21)(H,17,22). The number of carbonyl (C=O) groups excluding carboxylic acids is 2. The van der Waals surface area contributed by atoms with Crippen molar-refractivity contribution < 1.29 is 9.59 Å². The molecule has 0 aliphatic heterocycles. The number of fused-ring (bicyclic) bond motifs is 1. The number of aryl methyl sites for hydroxylation is 1. The molecule has 3 rings (SSSR count). The molecule has 0 bridgehead atoms. The number of aromatic nitrogens is 4. The highest BCUT2D eigenvalue weighted by molar-refractivity contribution is 9.10. The van der Waals surface area contributed by atoms with Crippen molar-refractivity contribution in [1.82, 2.24) is 19.4 Å². The van der Waals surface area contributed by atoms with Gasteiger partial charge >= 0.3 is 0 Å². The van der Waals surface area contributed by atoms with Crippen molar-refractivity contribution in [1.29, 1.82) is 0 Å². The normalized spacial score (nSPS) is 10.8. The van der Waals surface area contributed by atoms with Crippen molar-refractivity contribution in [3.8, 4) is 0 Å². The summed E-state index contributed by atoms with van der Waals surface area (Å²) in [6.45, 7) is 0. The van der Waals surface area contributed by atoms with Gasteiger partial charge in [0.25, 0.3) is 11.8 Å². The number of primary amides is 1. The van der Waals surface area contributed by atoms with Crippen LogP contribution in [0, 0.1) is 0 Å². The highest BCUT2D eigenvalue weighted by Gasteiger charge is 2.21. The van der Waals surface area contributed by atoms with Crippen LogP contribution in [0.4, 0.5) is 5.69 Å². The number of amides is 2. The zero-order valence-electron chi connectivity index (χ0n) is 11.4. The second-order valence-electron chi connectivity index (χ2n) is 4.54. The average Bonchev–Trinajstić information content (AvgIpc) is 3.00. The Morgan fingerprint density at radius 3 is 2.82 bits per heavy atom. The summed E-state index contributed by atoms with van der Waals surface area (Å²) in [6, 6.07) is 5.48. The van der Waals surface area contributed by atoms with Crippen LogP contribution in [0.15, 0.2) is 35.1 Å². The van der Waals surface area contributed by atoms with Gasteiger partial charge < -0.3 is 11.1 Å². The maximum atomic E-state index is 12.4. The average molecular weight is 363 g/mol. The van der Waals surface area contributed by atoms with Crippen LogP contribution in [-0.4, -0.2) is 31.2 Å². The second-order valence-corrected chi connectivity index (χ2v) is 5.33. The number of nitrogens with two attached hydrogens (primary N) is 1. The first kappa shape index (κ1) is 14.3. The number of halogens is 1. The van der Waals surface area contributed by atoms with Gasteiger partial charge in [-0.05, 0) is 28.1 Å². The fraction of sp³-hybridized carbons (Fsp3) is 0.0769. The lowest BCUT2D eigenvalue weighted by atomic mass is 10.3. The summed E-state index contributed by atoms with van der Waals surface area (Å²) in [4.78, 5) is 23.8. The molecule has 0 atom stereocenters. The topological polar surface area (TPSA) is 107 Å². The molecule has 9 heteroatoms. The van der Waals surface area contributed by atoms with Gasteiger partial charge in [-0.3, -0.25) is 14.3 Å². The maximum absolute atomic E-state index is 12.4. The van der Waals surface area contributed by atoms with E-state index >= 15 is 0 Å². The second kappa shape index (κ2) is 5.26. The van der Waals surface area contributed by atoms with Crippen LogP contribution < -0.4 is 11.1 Å². The lowest BCUT2D eigenvalue weighted by Gasteiger charge is -2.03. The molecule has 3 aromatic heterocycles. The lowest BCUT2D eigenvalue weighted by Crippen LogP contribution is -2.20. The number of hydrogen-bond donors (Lipinski definition) is 2. The van der Waals surface area contributed by atoms with Gasteiger partial charge in [0.15, 0.2) is 5.69 Å². The molecule has 0 spiro atoms. The third-order valence-corrected chi connectivity index (χ3v) is 3.90. The van der Waals surface area contributed by atoms with Crippen molar-refractivity contribution in [2.24, 2.45) is 12.8 Å². The summed E-state index contributed by atoms with van der Waals surface area (Å²) < 4.78 is 3.45. The highest BCUT2D eigenvalue weighted by Crippen LogP contribution is 2.23. The molecular weight excluding hydrogens is 352 g/mol. The Bertz CT molecular complexity index is 897. The Morgan fingerprint density at radius 2 is 2.14 bits per heavy atom. The zero-order chi connectivity index (χ0) is 15.9. The van der Waals surface area contributed by atoms with Crippen molar-refractivity contribution >= 4 is 38.9 Å². The quantitative estimate of drug-likeness (QED) is 0.729. The number of rotatable bonds is 3. The Balaban J connectivity index is 1.97. The molecule has 3 aromatic rings. The number of pyridine rings is 1. The molecule has 0 saturated heterocycles. The Labute approximate surface area is 133 Å². The highest BCUT2D eigenvalue weighted by atomic mass is 79.9. The Hall–Kier alpha value is -2.68. The number of nitrogens with zero attached hydrogens (tertiary/aromatic N) is 4. The van der Waals surface area contributed by atoms with Crippen molar-refractivity contribution in [2.45, 2.75) is 0 Å². The SMILES string of the molecule is Cn1ncc(NC(=O)c2nn3ccccc3c2Br)c1C(N)=O. The molecule has 0 aliphatic carbocycles. The van der Waals surface area contributed by atoms with Gasteiger partial charge in [0.2, 0.25) is 0 Å². The molecule has 0 saturated carbocycles. The van der Waals surface area contributed by atoms with E-state index in [0.717, 1.165) is 5.52 Å². The van der Waals surface area contributed by atoms with E-state index in [4.69, 9.17) is 5.73 Å². The monoisotopic (exact) mass is 362 g/mol. The van der Waals surface area contributed by atoms with Crippen LogP contribution in [-0.2, 0) is 7.05 Å². The molecular formula is C13H11BrN6O2. The van der Waals surface area contributed by atoms with Crippen LogP contribution >= 0.6 is 15.9 Å². The van der Waals surface area contributed by atoms with Crippen molar-refractivity contribution in [3.05, 3.63) is 46.5 Å². The molecule has 0 aromatic carbocycles. The molecule has 112 valence electrons. The van der Waals surface area contributed by atoms with Crippen LogP contribution in [0.5, 0.6) is 0 Å². The maximum Gasteiger partial charge on any atom is 0.277 e. The van der Waals surface area contributed by atoms with Crippen LogP contribution in [0.25, 0.3) is 5.52 Å². The molecule has 2 amide bonds. The largest absolute Gasteiger partial charge is 0.364 e. The summed E-state index contributed by atoms with van der Waals surface area (Å²) >= 11 is 3.36. The predicted molar refractivity (Wildman–Crippen MR) is 82.6 cm³/mol. The third-order valence-electron chi connectivity index (χ3n) is 3.12.